The van der Waals surface area contributed by atoms with E-state index in [-0.39, 0.29) is 11.8 Å². The second-order valence-corrected chi connectivity index (χ2v) is 6.21. The number of alkyl halides is 3. The van der Waals surface area contributed by atoms with E-state index in [0.717, 1.165) is 38.4 Å². The van der Waals surface area contributed by atoms with Crippen molar-refractivity contribution in [2.75, 3.05) is 25.0 Å². The monoisotopic (exact) mass is 326 g/mol. The number of hydrogen-bond acceptors (Lipinski definition) is 5. The lowest BCUT2D eigenvalue weighted by molar-refractivity contribution is -0.141. The minimum Gasteiger partial charge on any atom is -0.352 e. The maximum Gasteiger partial charge on any atom is 0.433 e. The molecule has 2 unspecified atom stereocenters. The summed E-state index contributed by atoms with van der Waals surface area (Å²) >= 11 is 0. The van der Waals surface area contributed by atoms with Crippen LogP contribution in [0.3, 0.4) is 0 Å². The van der Waals surface area contributed by atoms with Gasteiger partial charge in [0, 0.05) is 24.7 Å². The molecule has 2 aromatic heterocycles. The van der Waals surface area contributed by atoms with Gasteiger partial charge in [-0.15, -0.1) is 0 Å². The Morgan fingerprint density at radius 3 is 2.78 bits per heavy atom. The molecule has 2 aliphatic rings. The summed E-state index contributed by atoms with van der Waals surface area (Å²) in [5.74, 6) is 0.421. The Balaban J connectivity index is 1.80. The first-order chi connectivity index (χ1) is 10.9. The Kier molecular flexibility index (Phi) is 3.22. The third-order valence-corrected chi connectivity index (χ3v) is 4.90. The number of piperidine rings is 1. The van der Waals surface area contributed by atoms with E-state index in [1.807, 2.05) is 4.90 Å². The molecule has 9 heteroatoms. The van der Waals surface area contributed by atoms with Crippen LogP contribution in [-0.2, 0) is 6.18 Å². The van der Waals surface area contributed by atoms with Crippen LogP contribution in [-0.4, -0.2) is 56.7 Å². The fourth-order valence-corrected chi connectivity index (χ4v) is 3.85. The van der Waals surface area contributed by atoms with Crippen LogP contribution in [0.1, 0.15) is 25.0 Å². The van der Waals surface area contributed by atoms with Gasteiger partial charge in [-0.05, 0) is 32.9 Å². The predicted molar refractivity (Wildman–Crippen MR) is 77.2 cm³/mol. The molecule has 4 rings (SSSR count). The number of aromatic nitrogens is 4. The van der Waals surface area contributed by atoms with Crippen LogP contribution in [0.15, 0.2) is 12.4 Å². The molecule has 0 aliphatic carbocycles. The molecule has 2 fully saturated rings. The number of likely N-dealkylation sites (N-methyl/N-ethyl adjacent to an activating group) is 1. The van der Waals surface area contributed by atoms with Crippen LogP contribution in [0.4, 0.5) is 19.0 Å². The van der Waals surface area contributed by atoms with Gasteiger partial charge in [-0.2, -0.15) is 27.8 Å². The van der Waals surface area contributed by atoms with E-state index in [1.54, 1.807) is 0 Å². The highest BCUT2D eigenvalue weighted by atomic mass is 19.4. The molecular weight excluding hydrogens is 309 g/mol. The van der Waals surface area contributed by atoms with Crippen LogP contribution in [0, 0.1) is 0 Å². The Hall–Kier alpha value is -1.90. The summed E-state index contributed by atoms with van der Waals surface area (Å²) in [4.78, 5) is 11.8. The molecule has 0 N–H and O–H groups in total. The number of halogens is 3. The molecule has 0 saturated carbocycles. The topological polar surface area (TPSA) is 49.6 Å². The molecule has 2 aliphatic heterocycles. The Morgan fingerprint density at radius 1 is 1.17 bits per heavy atom. The zero-order valence-corrected chi connectivity index (χ0v) is 12.7. The number of fused-ring (bicyclic) bond motifs is 2. The minimum absolute atomic E-state index is 0.0116. The van der Waals surface area contributed by atoms with Crippen molar-refractivity contribution in [2.24, 2.45) is 0 Å². The van der Waals surface area contributed by atoms with Crippen LogP contribution in [0.5, 0.6) is 0 Å². The van der Waals surface area contributed by atoms with Crippen molar-refractivity contribution in [2.45, 2.75) is 37.5 Å². The first-order valence-electron chi connectivity index (χ1n) is 7.70. The van der Waals surface area contributed by atoms with E-state index < -0.39 is 11.9 Å². The van der Waals surface area contributed by atoms with Gasteiger partial charge in [0.1, 0.15) is 12.1 Å². The van der Waals surface area contributed by atoms with Gasteiger partial charge < -0.3 is 9.80 Å². The maximum atomic E-state index is 13.1. The molecule has 0 spiro atoms. The van der Waals surface area contributed by atoms with Crippen LogP contribution in [0.25, 0.3) is 5.78 Å². The maximum absolute atomic E-state index is 13.1. The lowest BCUT2D eigenvalue weighted by Crippen LogP contribution is -2.48. The highest BCUT2D eigenvalue weighted by Gasteiger charge is 2.41. The normalized spacial score (nSPS) is 26.0. The van der Waals surface area contributed by atoms with E-state index in [1.165, 1.54) is 10.8 Å². The van der Waals surface area contributed by atoms with Gasteiger partial charge in [0.25, 0.3) is 5.78 Å². The van der Waals surface area contributed by atoms with Crippen molar-refractivity contribution in [3.8, 4) is 0 Å². The first kappa shape index (κ1) is 14.7. The fourth-order valence-electron chi connectivity index (χ4n) is 3.85. The molecule has 4 heterocycles. The minimum atomic E-state index is -4.50. The summed E-state index contributed by atoms with van der Waals surface area (Å²) in [7, 11) is 2.08. The standard InChI is InChI=1S/C14H17F3N6/c1-21-5-2-3-10-9(21)4-6-22(10)12-7-11(14(15,16)17)20-13-18-8-19-23(12)13/h7-10H,2-6H2,1H3. The van der Waals surface area contributed by atoms with Crippen molar-refractivity contribution in [1.82, 2.24) is 24.5 Å². The Labute approximate surface area is 130 Å². The number of anilines is 1. The second kappa shape index (κ2) is 5.05. The predicted octanol–water partition coefficient (Wildman–Crippen LogP) is 1.82. The summed E-state index contributed by atoms with van der Waals surface area (Å²) in [5.41, 5.74) is -0.916. The third kappa shape index (κ3) is 2.34. The molecule has 2 aromatic rings. The Bertz CT molecular complexity index is 727. The summed E-state index contributed by atoms with van der Waals surface area (Å²) in [5, 5.41) is 4.06. The molecule has 0 amide bonds. The number of rotatable bonds is 1. The SMILES string of the molecule is CN1CCCC2C1CCN2c1cc(C(F)(F)F)nc2ncnn12. The van der Waals surface area contributed by atoms with Gasteiger partial charge in [0.15, 0.2) is 5.69 Å². The molecule has 2 atom stereocenters. The number of likely N-dealkylation sites (tertiary alicyclic amines) is 1. The van der Waals surface area contributed by atoms with E-state index >= 15 is 0 Å². The zero-order valence-electron chi connectivity index (χ0n) is 12.7. The zero-order chi connectivity index (χ0) is 16.2. The molecule has 0 bridgehead atoms. The molecule has 0 aromatic carbocycles. The van der Waals surface area contributed by atoms with Crippen LogP contribution in [0.2, 0.25) is 0 Å². The van der Waals surface area contributed by atoms with E-state index in [9.17, 15) is 13.2 Å². The second-order valence-electron chi connectivity index (χ2n) is 6.21. The van der Waals surface area contributed by atoms with Gasteiger partial charge >= 0.3 is 6.18 Å². The molecule has 2 saturated heterocycles. The van der Waals surface area contributed by atoms with Crippen molar-refractivity contribution in [3.63, 3.8) is 0 Å². The van der Waals surface area contributed by atoms with Crippen LogP contribution < -0.4 is 4.90 Å². The summed E-state index contributed by atoms with van der Waals surface area (Å²) in [6, 6.07) is 1.69. The van der Waals surface area contributed by atoms with Gasteiger partial charge in [-0.25, -0.2) is 4.98 Å². The number of hydrogen-bond donors (Lipinski definition) is 0. The van der Waals surface area contributed by atoms with E-state index in [4.69, 9.17) is 0 Å². The fraction of sp³-hybridized carbons (Fsp3) is 0.643. The molecule has 6 nitrogen and oxygen atoms in total. The average molecular weight is 326 g/mol. The molecule has 124 valence electrons. The quantitative estimate of drug-likeness (QED) is 0.800. The third-order valence-electron chi connectivity index (χ3n) is 4.90. The van der Waals surface area contributed by atoms with Crippen molar-refractivity contribution in [1.29, 1.82) is 0 Å². The Morgan fingerprint density at radius 2 is 2.00 bits per heavy atom. The summed E-state index contributed by atoms with van der Waals surface area (Å²) in [6.07, 6.45) is -0.279. The van der Waals surface area contributed by atoms with Gasteiger partial charge in [0.2, 0.25) is 0 Å². The number of nitrogens with zero attached hydrogens (tertiary/aromatic N) is 6. The van der Waals surface area contributed by atoms with Crippen molar-refractivity contribution < 1.29 is 13.2 Å². The van der Waals surface area contributed by atoms with Crippen molar-refractivity contribution >= 4 is 11.6 Å². The van der Waals surface area contributed by atoms with Crippen molar-refractivity contribution in [3.05, 3.63) is 18.1 Å². The largest absolute Gasteiger partial charge is 0.433 e. The highest BCUT2D eigenvalue weighted by molar-refractivity contribution is 5.50. The smallest absolute Gasteiger partial charge is 0.352 e. The molecule has 0 radical (unpaired) electrons. The van der Waals surface area contributed by atoms with Gasteiger partial charge in [-0.3, -0.25) is 0 Å². The lowest BCUT2D eigenvalue weighted by atomic mass is 9.97. The van der Waals surface area contributed by atoms with E-state index in [2.05, 4.69) is 27.0 Å². The summed E-state index contributed by atoms with van der Waals surface area (Å²) in [6.45, 7) is 1.76. The lowest BCUT2D eigenvalue weighted by Gasteiger charge is -2.38. The van der Waals surface area contributed by atoms with Gasteiger partial charge in [-0.1, -0.05) is 0 Å². The average Bonchev–Trinajstić information content (AvgIpc) is 3.12. The first-order valence-corrected chi connectivity index (χ1v) is 7.70. The molecule has 23 heavy (non-hydrogen) atoms. The molecular formula is C14H17F3N6. The van der Waals surface area contributed by atoms with Gasteiger partial charge in [0.05, 0.1) is 0 Å². The van der Waals surface area contributed by atoms with Crippen LogP contribution >= 0.6 is 0 Å². The summed E-state index contributed by atoms with van der Waals surface area (Å²) < 4.78 is 40.8. The van der Waals surface area contributed by atoms with E-state index in [0.29, 0.717) is 11.9 Å². The highest BCUT2D eigenvalue weighted by Crippen LogP contribution is 2.36.